The van der Waals surface area contributed by atoms with Crippen LogP contribution in [0.5, 0.6) is 0 Å². The fourth-order valence-corrected chi connectivity index (χ4v) is 5.26. The lowest BCUT2D eigenvalue weighted by Crippen LogP contribution is -2.52. The van der Waals surface area contributed by atoms with E-state index in [1.807, 2.05) is 24.3 Å². The summed E-state index contributed by atoms with van der Waals surface area (Å²) in [6.07, 6.45) is 5.16. The van der Waals surface area contributed by atoms with Gasteiger partial charge in [0.2, 0.25) is 0 Å². The molecule has 2 atom stereocenters. The number of benzene rings is 2. The lowest BCUT2D eigenvalue weighted by Gasteiger charge is -2.44. The number of rotatable bonds is 3. The summed E-state index contributed by atoms with van der Waals surface area (Å²) in [7, 11) is 0. The number of halogens is 1. The van der Waals surface area contributed by atoms with Gasteiger partial charge >= 0.3 is 6.09 Å². The van der Waals surface area contributed by atoms with E-state index in [0.717, 1.165) is 67.9 Å². The maximum absolute atomic E-state index is 12.7. The highest BCUT2D eigenvalue weighted by molar-refractivity contribution is 6.30. The van der Waals surface area contributed by atoms with Gasteiger partial charge in [-0.25, -0.2) is 4.79 Å². The van der Waals surface area contributed by atoms with E-state index in [1.54, 1.807) is 0 Å². The molecule has 0 spiro atoms. The first-order chi connectivity index (χ1) is 14.2. The second kappa shape index (κ2) is 8.00. The molecule has 4 nitrogen and oxygen atoms in total. The number of aryl methyl sites for hydroxylation is 1. The van der Waals surface area contributed by atoms with Crippen molar-refractivity contribution in [3.8, 4) is 11.1 Å². The number of nitrogens with one attached hydrogen (secondary N) is 1. The second-order valence-electron chi connectivity index (χ2n) is 8.59. The van der Waals surface area contributed by atoms with Gasteiger partial charge in [0, 0.05) is 11.6 Å². The Kier molecular flexibility index (Phi) is 5.23. The fraction of sp³-hybridized carbons (Fsp3) is 0.458. The molecule has 1 amide bonds. The van der Waals surface area contributed by atoms with Gasteiger partial charge in [-0.3, -0.25) is 4.90 Å². The van der Waals surface area contributed by atoms with Crippen LogP contribution in [0.2, 0.25) is 5.02 Å². The predicted molar refractivity (Wildman–Crippen MR) is 115 cm³/mol. The Morgan fingerprint density at radius 3 is 2.52 bits per heavy atom. The summed E-state index contributed by atoms with van der Waals surface area (Å²) in [5.41, 5.74) is 4.83. The monoisotopic (exact) mass is 410 g/mol. The van der Waals surface area contributed by atoms with Gasteiger partial charge in [-0.05, 0) is 91.6 Å². The van der Waals surface area contributed by atoms with Crippen LogP contribution in [0.3, 0.4) is 0 Å². The second-order valence-corrected chi connectivity index (χ2v) is 9.03. The molecule has 6 rings (SSSR count). The molecule has 1 aliphatic carbocycles. The lowest BCUT2D eigenvalue weighted by molar-refractivity contribution is -0.0340. The Morgan fingerprint density at radius 2 is 1.79 bits per heavy atom. The van der Waals surface area contributed by atoms with Crippen molar-refractivity contribution in [2.45, 2.75) is 44.2 Å². The standard InChI is InChI=1S/C24H27ClN2O2/c25-20-8-6-16(7-9-20)19-5-4-17-2-1-3-22(21(17)14-19)26-24(28)29-23-15-27-12-10-18(23)11-13-27/h4-9,14,18,22-23H,1-3,10-13,15H2,(H,26,28)/t22?,23-/m0/s1. The number of alkyl carbamates (subject to hydrolysis) is 1. The molecule has 2 aromatic rings. The van der Waals surface area contributed by atoms with Crippen LogP contribution in [0, 0.1) is 5.92 Å². The number of fused-ring (bicyclic) bond motifs is 4. The van der Waals surface area contributed by atoms with Crippen LogP contribution in [0.15, 0.2) is 42.5 Å². The van der Waals surface area contributed by atoms with Crippen LogP contribution in [-0.2, 0) is 11.2 Å². The van der Waals surface area contributed by atoms with Gasteiger partial charge in [0.15, 0.2) is 0 Å². The average molecular weight is 411 g/mol. The van der Waals surface area contributed by atoms with Crippen LogP contribution in [-0.4, -0.2) is 36.7 Å². The van der Waals surface area contributed by atoms with Gasteiger partial charge < -0.3 is 10.1 Å². The molecule has 152 valence electrons. The Morgan fingerprint density at radius 1 is 1.03 bits per heavy atom. The lowest BCUT2D eigenvalue weighted by atomic mass is 9.85. The normalized spacial score (nSPS) is 27.9. The Hall–Kier alpha value is -2.04. The van der Waals surface area contributed by atoms with Gasteiger partial charge in [-0.1, -0.05) is 35.9 Å². The highest BCUT2D eigenvalue weighted by Gasteiger charge is 2.37. The summed E-state index contributed by atoms with van der Waals surface area (Å²) < 4.78 is 5.86. The molecule has 3 fully saturated rings. The molecule has 1 unspecified atom stereocenters. The van der Waals surface area contributed by atoms with E-state index >= 15 is 0 Å². The van der Waals surface area contributed by atoms with E-state index in [9.17, 15) is 4.79 Å². The van der Waals surface area contributed by atoms with Crippen molar-refractivity contribution in [1.29, 1.82) is 0 Å². The van der Waals surface area contributed by atoms with E-state index in [4.69, 9.17) is 16.3 Å². The summed E-state index contributed by atoms with van der Waals surface area (Å²) in [4.78, 5) is 15.1. The number of nitrogens with zero attached hydrogens (tertiary/aromatic N) is 1. The van der Waals surface area contributed by atoms with Crippen molar-refractivity contribution in [3.05, 3.63) is 58.6 Å². The molecular weight excluding hydrogens is 384 g/mol. The third kappa shape index (κ3) is 4.01. The molecule has 2 aromatic carbocycles. The molecule has 1 N–H and O–H groups in total. The third-order valence-electron chi connectivity index (χ3n) is 6.78. The summed E-state index contributed by atoms with van der Waals surface area (Å²) in [5.74, 6) is 0.529. The summed E-state index contributed by atoms with van der Waals surface area (Å²) in [5, 5.41) is 3.91. The summed E-state index contributed by atoms with van der Waals surface area (Å²) in [6.45, 7) is 3.19. The van der Waals surface area contributed by atoms with E-state index < -0.39 is 0 Å². The zero-order chi connectivity index (χ0) is 19.8. The van der Waals surface area contributed by atoms with Gasteiger partial charge in [0.05, 0.1) is 6.04 Å². The molecule has 3 heterocycles. The maximum atomic E-state index is 12.7. The van der Waals surface area contributed by atoms with E-state index in [2.05, 4.69) is 28.4 Å². The van der Waals surface area contributed by atoms with Crippen molar-refractivity contribution in [2.75, 3.05) is 19.6 Å². The van der Waals surface area contributed by atoms with Crippen LogP contribution >= 0.6 is 11.6 Å². The maximum Gasteiger partial charge on any atom is 0.407 e. The first kappa shape index (κ1) is 19.0. The van der Waals surface area contributed by atoms with Crippen LogP contribution in [0.25, 0.3) is 11.1 Å². The molecule has 3 saturated heterocycles. The number of piperidine rings is 3. The van der Waals surface area contributed by atoms with Crippen LogP contribution < -0.4 is 5.32 Å². The van der Waals surface area contributed by atoms with Crippen LogP contribution in [0.4, 0.5) is 4.79 Å². The zero-order valence-corrected chi connectivity index (χ0v) is 17.3. The van der Waals surface area contributed by atoms with Crippen molar-refractivity contribution < 1.29 is 9.53 Å². The molecule has 3 aliphatic heterocycles. The fourth-order valence-electron chi connectivity index (χ4n) is 5.13. The molecule has 5 heteroatoms. The molecule has 4 aliphatic rings. The van der Waals surface area contributed by atoms with Gasteiger partial charge in [0.25, 0.3) is 0 Å². The largest absolute Gasteiger partial charge is 0.445 e. The molecular formula is C24H27ClN2O2. The smallest absolute Gasteiger partial charge is 0.407 e. The zero-order valence-electron chi connectivity index (χ0n) is 16.6. The molecule has 2 bridgehead atoms. The summed E-state index contributed by atoms with van der Waals surface area (Å²) in [6, 6.07) is 14.5. The summed E-state index contributed by atoms with van der Waals surface area (Å²) >= 11 is 6.03. The van der Waals surface area contributed by atoms with Gasteiger partial charge in [-0.15, -0.1) is 0 Å². The van der Waals surface area contributed by atoms with Crippen molar-refractivity contribution in [2.24, 2.45) is 5.92 Å². The topological polar surface area (TPSA) is 41.6 Å². The molecule has 29 heavy (non-hydrogen) atoms. The third-order valence-corrected chi connectivity index (χ3v) is 7.04. The van der Waals surface area contributed by atoms with Crippen molar-refractivity contribution in [1.82, 2.24) is 10.2 Å². The molecule has 0 saturated carbocycles. The van der Waals surface area contributed by atoms with E-state index in [0.29, 0.717) is 5.92 Å². The predicted octanol–water partition coefficient (Wildman–Crippen LogP) is 5.20. The van der Waals surface area contributed by atoms with E-state index in [-0.39, 0.29) is 18.2 Å². The average Bonchev–Trinajstić information content (AvgIpc) is 2.75. The minimum absolute atomic E-state index is 0.0135. The first-order valence-electron chi connectivity index (χ1n) is 10.7. The van der Waals surface area contributed by atoms with Gasteiger partial charge in [-0.2, -0.15) is 0 Å². The minimum atomic E-state index is -0.265. The van der Waals surface area contributed by atoms with Crippen molar-refractivity contribution in [3.63, 3.8) is 0 Å². The Bertz CT molecular complexity index is 890. The highest BCUT2D eigenvalue weighted by Crippen LogP contribution is 2.34. The number of hydrogen-bond donors (Lipinski definition) is 1. The highest BCUT2D eigenvalue weighted by atomic mass is 35.5. The Balaban J connectivity index is 1.31. The number of hydrogen-bond acceptors (Lipinski definition) is 3. The quantitative estimate of drug-likeness (QED) is 0.755. The SMILES string of the molecule is O=C(NC1CCCc2ccc(-c3ccc(Cl)cc3)cc21)O[C@H]1CN2CCC1CC2. The molecule has 0 radical (unpaired) electrons. The molecule has 0 aromatic heterocycles. The van der Waals surface area contributed by atoms with Crippen LogP contribution in [0.1, 0.15) is 42.9 Å². The van der Waals surface area contributed by atoms with Gasteiger partial charge in [0.1, 0.15) is 6.10 Å². The van der Waals surface area contributed by atoms with E-state index in [1.165, 1.54) is 11.1 Å². The van der Waals surface area contributed by atoms with Crippen molar-refractivity contribution >= 4 is 17.7 Å². The minimum Gasteiger partial charge on any atom is -0.445 e. The number of carbonyl (C=O) groups excluding carboxylic acids is 1. The first-order valence-corrected chi connectivity index (χ1v) is 11.1. The number of carbonyl (C=O) groups is 1. The number of ether oxygens (including phenoxy) is 1. The number of amides is 1. The Labute approximate surface area is 177 Å².